The molecule has 126 valence electrons. The molecule has 0 bridgehead atoms. The monoisotopic (exact) mass is 347 g/mol. The Morgan fingerprint density at radius 2 is 2.17 bits per heavy atom. The Labute approximate surface area is 142 Å². The molecule has 0 aromatic carbocycles. The van der Waals surface area contributed by atoms with E-state index in [4.69, 9.17) is 0 Å². The number of thioether (sulfide) groups is 1. The highest BCUT2D eigenvalue weighted by Gasteiger charge is 2.63. The number of tetrazole rings is 1. The van der Waals surface area contributed by atoms with Crippen LogP contribution >= 0.6 is 11.8 Å². The van der Waals surface area contributed by atoms with Gasteiger partial charge in [-0.1, -0.05) is 0 Å². The summed E-state index contributed by atoms with van der Waals surface area (Å²) in [6.07, 6.45) is 3.63. The third kappa shape index (κ3) is 2.29. The summed E-state index contributed by atoms with van der Waals surface area (Å²) in [5.74, 6) is 0.299. The predicted molar refractivity (Wildman–Crippen MR) is 85.6 cm³/mol. The van der Waals surface area contributed by atoms with Crippen LogP contribution < -0.4 is 5.32 Å². The van der Waals surface area contributed by atoms with E-state index in [0.29, 0.717) is 5.82 Å². The van der Waals surface area contributed by atoms with Gasteiger partial charge in [0.2, 0.25) is 11.8 Å². The molecule has 9 nitrogen and oxygen atoms in total. The van der Waals surface area contributed by atoms with Crippen LogP contribution in [0.1, 0.15) is 25.7 Å². The fourth-order valence-corrected chi connectivity index (χ4v) is 4.97. The maximum atomic E-state index is 12.6. The number of carbonyl (C=O) groups is 2. The third-order valence-electron chi connectivity index (χ3n) is 4.37. The molecule has 3 atom stereocenters. The summed E-state index contributed by atoms with van der Waals surface area (Å²) in [6.45, 7) is 4.30. The maximum Gasteiger partial charge on any atom is 0.249 e. The van der Waals surface area contributed by atoms with Crippen molar-refractivity contribution in [1.29, 1.82) is 0 Å². The highest BCUT2D eigenvalue weighted by atomic mass is 32.2. The first-order valence-electron chi connectivity index (χ1n) is 7.61. The largest absolute Gasteiger partial charge is 0.345 e. The van der Waals surface area contributed by atoms with E-state index in [1.165, 1.54) is 0 Å². The minimum Gasteiger partial charge on any atom is -0.345 e. The number of H-pyrrole nitrogens is 1. The normalized spacial score (nSPS) is 27.7. The van der Waals surface area contributed by atoms with Crippen molar-refractivity contribution >= 4 is 23.6 Å². The second-order valence-corrected chi connectivity index (χ2v) is 8.22. The molecule has 0 spiro atoms. The van der Waals surface area contributed by atoms with Crippen LogP contribution in [0.5, 0.6) is 0 Å². The minimum atomic E-state index is -0.502. The average molecular weight is 347 g/mol. The highest BCUT2D eigenvalue weighted by molar-refractivity contribution is 8.01. The minimum absolute atomic E-state index is 0.0969. The summed E-state index contributed by atoms with van der Waals surface area (Å²) in [5, 5.41) is 16.7. The van der Waals surface area contributed by atoms with Gasteiger partial charge in [0.15, 0.2) is 5.82 Å². The Hall–Kier alpha value is -2.36. The lowest BCUT2D eigenvalue weighted by molar-refractivity contribution is -0.151. The van der Waals surface area contributed by atoms with E-state index >= 15 is 0 Å². The molecule has 2 aliphatic heterocycles. The summed E-state index contributed by atoms with van der Waals surface area (Å²) >= 11 is 1.65. The summed E-state index contributed by atoms with van der Waals surface area (Å²) in [7, 11) is 0. The molecule has 2 amide bonds. The zero-order chi connectivity index (χ0) is 16.9. The van der Waals surface area contributed by atoms with Gasteiger partial charge < -0.3 is 14.8 Å². The SMILES string of the molecule is CC1(C)SC2C(NC(=O)Cn3cccc3)C(=O)N2C1c1nnn[nH]1. The number of hydrogen-bond donors (Lipinski definition) is 2. The molecule has 2 aromatic heterocycles. The molecule has 10 heteroatoms. The van der Waals surface area contributed by atoms with Crippen LogP contribution in [0.15, 0.2) is 24.5 Å². The molecule has 2 saturated heterocycles. The Balaban J connectivity index is 1.48. The van der Waals surface area contributed by atoms with Crippen LogP contribution in [-0.4, -0.2) is 58.1 Å². The van der Waals surface area contributed by atoms with Crippen LogP contribution in [0.2, 0.25) is 0 Å². The quantitative estimate of drug-likeness (QED) is 0.749. The second kappa shape index (κ2) is 5.33. The van der Waals surface area contributed by atoms with Crippen molar-refractivity contribution in [3.8, 4) is 0 Å². The number of amides is 2. The van der Waals surface area contributed by atoms with E-state index in [2.05, 4.69) is 39.8 Å². The van der Waals surface area contributed by atoms with Gasteiger partial charge in [-0.3, -0.25) is 9.59 Å². The lowest BCUT2D eigenvalue weighted by Crippen LogP contribution is -2.68. The number of β-lactam (4-membered cyclic amide) rings is 1. The molecular formula is C14H17N7O2S. The molecule has 3 unspecified atom stereocenters. The summed E-state index contributed by atoms with van der Waals surface area (Å²) in [6, 6.07) is 2.98. The lowest BCUT2D eigenvalue weighted by atomic mass is 9.95. The fraction of sp³-hybridized carbons (Fsp3) is 0.500. The van der Waals surface area contributed by atoms with Gasteiger partial charge >= 0.3 is 0 Å². The van der Waals surface area contributed by atoms with Gasteiger partial charge in [-0.2, -0.15) is 0 Å². The molecule has 2 aliphatic rings. The van der Waals surface area contributed by atoms with E-state index in [-0.39, 0.29) is 34.5 Å². The van der Waals surface area contributed by atoms with Crippen molar-refractivity contribution in [3.63, 3.8) is 0 Å². The van der Waals surface area contributed by atoms with E-state index in [1.807, 2.05) is 24.5 Å². The van der Waals surface area contributed by atoms with Crippen molar-refractivity contribution < 1.29 is 9.59 Å². The Kier molecular flexibility index (Phi) is 3.37. The van der Waals surface area contributed by atoms with E-state index in [1.54, 1.807) is 21.2 Å². The van der Waals surface area contributed by atoms with Gasteiger partial charge in [0, 0.05) is 17.1 Å². The van der Waals surface area contributed by atoms with Gasteiger partial charge in [-0.15, -0.1) is 16.9 Å². The molecule has 0 saturated carbocycles. The molecular weight excluding hydrogens is 330 g/mol. The van der Waals surface area contributed by atoms with E-state index < -0.39 is 6.04 Å². The first-order valence-corrected chi connectivity index (χ1v) is 8.49. The number of hydrogen-bond acceptors (Lipinski definition) is 6. The molecule has 0 radical (unpaired) electrons. The Bertz CT molecular complexity index is 758. The number of carbonyl (C=O) groups excluding carboxylic acids is 2. The average Bonchev–Trinajstić information content (AvgIpc) is 3.24. The standard InChI is InChI=1S/C14H17N7O2S/c1-14(2)10(11-16-18-19-17-11)21-12(23)9(13(21)24-14)15-8(22)7-20-5-3-4-6-20/h3-6,9-10,13H,7H2,1-2H3,(H,15,22)(H,16,17,18,19). The number of aromatic nitrogens is 5. The van der Waals surface area contributed by atoms with Gasteiger partial charge in [0.1, 0.15) is 24.0 Å². The number of rotatable bonds is 4. The fourth-order valence-electron chi connectivity index (χ4n) is 3.33. The van der Waals surface area contributed by atoms with Gasteiger partial charge in [-0.05, 0) is 36.4 Å². The van der Waals surface area contributed by atoms with Crippen LogP contribution in [0.4, 0.5) is 0 Å². The predicted octanol–water partition coefficient (Wildman–Crippen LogP) is -0.0790. The summed E-state index contributed by atoms with van der Waals surface area (Å²) in [4.78, 5) is 26.5. The van der Waals surface area contributed by atoms with Crippen molar-refractivity contribution in [1.82, 2.24) is 35.4 Å². The third-order valence-corrected chi connectivity index (χ3v) is 5.94. The second-order valence-electron chi connectivity index (χ2n) is 6.45. The van der Waals surface area contributed by atoms with Crippen molar-refractivity contribution in [2.45, 2.75) is 42.6 Å². The van der Waals surface area contributed by atoms with Crippen LogP contribution in [-0.2, 0) is 16.1 Å². The topological polar surface area (TPSA) is 109 Å². The zero-order valence-corrected chi connectivity index (χ0v) is 14.0. The van der Waals surface area contributed by atoms with Crippen LogP contribution in [0, 0.1) is 0 Å². The Morgan fingerprint density at radius 3 is 2.83 bits per heavy atom. The Morgan fingerprint density at radius 1 is 1.42 bits per heavy atom. The smallest absolute Gasteiger partial charge is 0.249 e. The number of nitrogens with zero attached hydrogens (tertiary/aromatic N) is 5. The van der Waals surface area contributed by atoms with Crippen LogP contribution in [0.25, 0.3) is 0 Å². The van der Waals surface area contributed by atoms with Gasteiger partial charge in [0.05, 0.1) is 0 Å². The van der Waals surface area contributed by atoms with Crippen molar-refractivity contribution in [2.75, 3.05) is 0 Å². The van der Waals surface area contributed by atoms with E-state index in [0.717, 1.165) is 0 Å². The number of nitrogens with one attached hydrogen (secondary N) is 2. The summed E-state index contributed by atoms with van der Waals surface area (Å²) in [5.41, 5.74) is 0. The molecule has 2 N–H and O–H groups in total. The molecule has 2 aromatic rings. The first kappa shape index (κ1) is 15.2. The van der Waals surface area contributed by atoms with Gasteiger partial charge in [0.25, 0.3) is 0 Å². The van der Waals surface area contributed by atoms with Crippen molar-refractivity contribution in [3.05, 3.63) is 30.4 Å². The molecule has 4 rings (SSSR count). The van der Waals surface area contributed by atoms with Crippen LogP contribution in [0.3, 0.4) is 0 Å². The van der Waals surface area contributed by atoms with E-state index in [9.17, 15) is 9.59 Å². The summed E-state index contributed by atoms with van der Waals surface area (Å²) < 4.78 is 1.52. The number of aromatic amines is 1. The first-order chi connectivity index (χ1) is 11.5. The van der Waals surface area contributed by atoms with Crippen molar-refractivity contribution in [2.24, 2.45) is 0 Å². The zero-order valence-electron chi connectivity index (χ0n) is 13.2. The van der Waals surface area contributed by atoms with Gasteiger partial charge in [-0.25, -0.2) is 5.10 Å². The maximum absolute atomic E-state index is 12.6. The molecule has 2 fully saturated rings. The number of fused-ring (bicyclic) bond motifs is 1. The highest BCUT2D eigenvalue weighted by Crippen LogP contribution is 2.56. The molecule has 24 heavy (non-hydrogen) atoms. The lowest BCUT2D eigenvalue weighted by Gasteiger charge is -2.44. The molecule has 4 heterocycles. The molecule has 0 aliphatic carbocycles.